The Hall–Kier alpha value is -1.29. The third kappa shape index (κ3) is 2.36. The van der Waals surface area contributed by atoms with Crippen LogP contribution in [0.2, 0.25) is 0 Å². The van der Waals surface area contributed by atoms with Crippen LogP contribution in [0.25, 0.3) is 10.9 Å². The molecule has 4 heteroatoms. The molecule has 1 unspecified atom stereocenters. The van der Waals surface area contributed by atoms with E-state index in [4.69, 9.17) is 0 Å². The van der Waals surface area contributed by atoms with Crippen LogP contribution in [0.3, 0.4) is 0 Å². The van der Waals surface area contributed by atoms with Crippen molar-refractivity contribution in [2.24, 2.45) is 5.92 Å². The summed E-state index contributed by atoms with van der Waals surface area (Å²) in [6.07, 6.45) is 3.15. The van der Waals surface area contributed by atoms with Gasteiger partial charge in [0.1, 0.15) is 0 Å². The second kappa shape index (κ2) is 4.92. The Morgan fingerprint density at radius 3 is 3.18 bits per heavy atom. The predicted molar refractivity (Wildman–Crippen MR) is 73.5 cm³/mol. The van der Waals surface area contributed by atoms with Gasteiger partial charge in [-0.3, -0.25) is 0 Å². The van der Waals surface area contributed by atoms with Crippen molar-refractivity contribution < 1.29 is 0 Å². The summed E-state index contributed by atoms with van der Waals surface area (Å²) in [5.74, 6) is 3.39. The van der Waals surface area contributed by atoms with E-state index in [1.165, 1.54) is 17.9 Å². The van der Waals surface area contributed by atoms with Crippen molar-refractivity contribution >= 4 is 28.4 Å². The zero-order valence-electron chi connectivity index (χ0n) is 9.60. The van der Waals surface area contributed by atoms with E-state index in [2.05, 4.69) is 33.3 Å². The highest BCUT2D eigenvalue weighted by Crippen LogP contribution is 2.25. The van der Waals surface area contributed by atoms with Crippen LogP contribution in [0, 0.1) is 5.92 Å². The number of hydrogen-bond donors (Lipinski definition) is 1. The molecular formula is C13H15N3S. The van der Waals surface area contributed by atoms with Crippen LogP contribution in [0.5, 0.6) is 0 Å². The molecular weight excluding hydrogens is 230 g/mol. The normalized spacial score (nSPS) is 19.6. The first-order valence-electron chi connectivity index (χ1n) is 5.95. The molecule has 1 fully saturated rings. The molecule has 17 heavy (non-hydrogen) atoms. The van der Waals surface area contributed by atoms with Gasteiger partial charge < -0.3 is 5.32 Å². The Kier molecular flexibility index (Phi) is 3.14. The van der Waals surface area contributed by atoms with E-state index in [9.17, 15) is 0 Å². The molecule has 1 atom stereocenters. The summed E-state index contributed by atoms with van der Waals surface area (Å²) in [6, 6.07) is 8.13. The number of aromatic nitrogens is 2. The second-order valence-electron chi connectivity index (χ2n) is 4.39. The minimum Gasteiger partial charge on any atom is -0.383 e. The van der Waals surface area contributed by atoms with Gasteiger partial charge in [0, 0.05) is 11.9 Å². The molecule has 3 nitrogen and oxygen atoms in total. The van der Waals surface area contributed by atoms with Gasteiger partial charge >= 0.3 is 0 Å². The van der Waals surface area contributed by atoms with E-state index < -0.39 is 0 Å². The van der Waals surface area contributed by atoms with Crippen molar-refractivity contribution in [1.82, 2.24) is 10.2 Å². The van der Waals surface area contributed by atoms with Gasteiger partial charge in [0.25, 0.3) is 0 Å². The van der Waals surface area contributed by atoms with Crippen LogP contribution in [-0.4, -0.2) is 28.2 Å². The van der Waals surface area contributed by atoms with Gasteiger partial charge in [0.05, 0.1) is 17.4 Å². The zero-order valence-corrected chi connectivity index (χ0v) is 10.4. The van der Waals surface area contributed by atoms with Crippen LogP contribution >= 0.6 is 11.8 Å². The predicted octanol–water partition coefficient (Wildman–Crippen LogP) is 2.79. The minimum absolute atomic E-state index is 0.798. The fraction of sp³-hybridized carbons (Fsp3) is 0.385. The average molecular weight is 245 g/mol. The van der Waals surface area contributed by atoms with E-state index in [-0.39, 0.29) is 0 Å². The van der Waals surface area contributed by atoms with Crippen LogP contribution in [0.1, 0.15) is 6.42 Å². The molecule has 1 aromatic heterocycles. The Balaban J connectivity index is 1.79. The van der Waals surface area contributed by atoms with E-state index in [0.29, 0.717) is 0 Å². The van der Waals surface area contributed by atoms with Gasteiger partial charge in [-0.05, 0) is 29.9 Å². The highest BCUT2D eigenvalue weighted by atomic mass is 32.2. The van der Waals surface area contributed by atoms with E-state index >= 15 is 0 Å². The maximum absolute atomic E-state index is 4.13. The number of nitrogens with zero attached hydrogens (tertiary/aromatic N) is 2. The molecule has 0 aliphatic carbocycles. The first kappa shape index (κ1) is 10.8. The minimum atomic E-state index is 0.798. The maximum Gasteiger partial charge on any atom is 0.0950 e. The SMILES string of the molecule is c1ccc2c(NCC3CCSC3)cnnc2c1. The number of thioether (sulfide) groups is 1. The second-order valence-corrected chi connectivity index (χ2v) is 5.54. The highest BCUT2D eigenvalue weighted by Gasteiger charge is 2.15. The molecule has 1 aromatic carbocycles. The Bertz CT molecular complexity index is 503. The number of fused-ring (bicyclic) bond motifs is 1. The molecule has 0 amide bonds. The summed E-state index contributed by atoms with van der Waals surface area (Å²) >= 11 is 2.05. The van der Waals surface area contributed by atoms with Gasteiger partial charge in [0.15, 0.2) is 0 Å². The first-order valence-corrected chi connectivity index (χ1v) is 7.11. The van der Waals surface area contributed by atoms with Gasteiger partial charge in [-0.2, -0.15) is 22.0 Å². The van der Waals surface area contributed by atoms with E-state index in [1.807, 2.05) is 24.4 Å². The summed E-state index contributed by atoms with van der Waals surface area (Å²) in [4.78, 5) is 0. The molecule has 2 heterocycles. The van der Waals surface area contributed by atoms with E-state index in [1.54, 1.807) is 0 Å². The topological polar surface area (TPSA) is 37.8 Å². The third-order valence-electron chi connectivity index (χ3n) is 3.15. The fourth-order valence-corrected chi connectivity index (χ4v) is 3.43. The van der Waals surface area contributed by atoms with Crippen molar-refractivity contribution in [3.8, 4) is 0 Å². The van der Waals surface area contributed by atoms with Crippen LogP contribution < -0.4 is 5.32 Å². The van der Waals surface area contributed by atoms with Crippen molar-refractivity contribution in [3.63, 3.8) is 0 Å². The van der Waals surface area contributed by atoms with Gasteiger partial charge in [-0.1, -0.05) is 18.2 Å². The number of anilines is 1. The standard InChI is InChI=1S/C13H15N3S/c1-2-4-12-11(3-1)13(8-15-16-12)14-7-10-5-6-17-9-10/h1-4,8,10H,5-7,9H2,(H,14,16). The number of hydrogen-bond acceptors (Lipinski definition) is 4. The molecule has 1 saturated heterocycles. The lowest BCUT2D eigenvalue weighted by atomic mass is 10.1. The van der Waals surface area contributed by atoms with Crippen molar-refractivity contribution in [1.29, 1.82) is 0 Å². The summed E-state index contributed by atoms with van der Waals surface area (Å²) in [7, 11) is 0. The monoisotopic (exact) mass is 245 g/mol. The molecule has 1 aliphatic rings. The van der Waals surface area contributed by atoms with Crippen molar-refractivity contribution in [2.75, 3.05) is 23.4 Å². The summed E-state index contributed by atoms with van der Waals surface area (Å²) in [6.45, 7) is 1.04. The lowest BCUT2D eigenvalue weighted by molar-refractivity contribution is 0.632. The highest BCUT2D eigenvalue weighted by molar-refractivity contribution is 7.99. The molecule has 1 aliphatic heterocycles. The van der Waals surface area contributed by atoms with Crippen LogP contribution in [0.15, 0.2) is 30.5 Å². The third-order valence-corrected chi connectivity index (χ3v) is 4.38. The molecule has 3 rings (SSSR count). The molecule has 2 aromatic rings. The average Bonchev–Trinajstić information content (AvgIpc) is 2.89. The zero-order chi connectivity index (χ0) is 11.5. The van der Waals surface area contributed by atoms with Gasteiger partial charge in [-0.25, -0.2) is 0 Å². The van der Waals surface area contributed by atoms with Crippen LogP contribution in [-0.2, 0) is 0 Å². The van der Waals surface area contributed by atoms with Crippen LogP contribution in [0.4, 0.5) is 5.69 Å². The largest absolute Gasteiger partial charge is 0.383 e. The molecule has 0 radical (unpaired) electrons. The lowest BCUT2D eigenvalue weighted by Gasteiger charge is -2.12. The smallest absolute Gasteiger partial charge is 0.0950 e. The Labute approximate surface area is 105 Å². The maximum atomic E-state index is 4.13. The van der Waals surface area contributed by atoms with Crippen molar-refractivity contribution in [3.05, 3.63) is 30.5 Å². The molecule has 0 bridgehead atoms. The lowest BCUT2D eigenvalue weighted by Crippen LogP contribution is -2.13. The summed E-state index contributed by atoms with van der Waals surface area (Å²) < 4.78 is 0. The fourth-order valence-electron chi connectivity index (χ4n) is 2.15. The van der Waals surface area contributed by atoms with Gasteiger partial charge in [0.2, 0.25) is 0 Å². The first-order chi connectivity index (χ1) is 8.43. The van der Waals surface area contributed by atoms with Crippen molar-refractivity contribution in [2.45, 2.75) is 6.42 Å². The molecule has 0 saturated carbocycles. The van der Waals surface area contributed by atoms with E-state index in [0.717, 1.165) is 29.1 Å². The van der Waals surface area contributed by atoms with Gasteiger partial charge in [-0.15, -0.1) is 0 Å². The Morgan fingerprint density at radius 2 is 2.29 bits per heavy atom. The summed E-state index contributed by atoms with van der Waals surface area (Å²) in [5.41, 5.74) is 2.06. The number of benzene rings is 1. The summed E-state index contributed by atoms with van der Waals surface area (Å²) in [5, 5.41) is 12.8. The Morgan fingerprint density at radius 1 is 1.35 bits per heavy atom. The molecule has 0 spiro atoms. The quantitative estimate of drug-likeness (QED) is 0.902. The number of nitrogens with one attached hydrogen (secondary N) is 1. The number of rotatable bonds is 3. The molecule has 88 valence electrons. The molecule has 1 N–H and O–H groups in total.